The van der Waals surface area contributed by atoms with Crippen molar-refractivity contribution in [1.29, 1.82) is 0 Å². The molecule has 0 spiro atoms. The van der Waals surface area contributed by atoms with Crippen LogP contribution in [0.2, 0.25) is 0 Å². The van der Waals surface area contributed by atoms with E-state index in [2.05, 4.69) is 17.3 Å². The predicted molar refractivity (Wildman–Crippen MR) is 74.2 cm³/mol. The molecule has 3 N–H and O–H groups in total. The topological polar surface area (TPSA) is 50.4 Å². The van der Waals surface area contributed by atoms with Crippen LogP contribution in [0.5, 0.6) is 0 Å². The molecule has 17 heavy (non-hydrogen) atoms. The van der Waals surface area contributed by atoms with Gasteiger partial charge in [-0.15, -0.1) is 0 Å². The van der Waals surface area contributed by atoms with Gasteiger partial charge in [-0.05, 0) is 18.6 Å². The smallest absolute Gasteiger partial charge is 0.116 e. The molecule has 0 radical (unpaired) electrons. The third-order valence-electron chi connectivity index (χ3n) is 2.70. The zero-order valence-electron chi connectivity index (χ0n) is 10.7. The number of hydrogen-bond donors (Lipinski definition) is 2. The summed E-state index contributed by atoms with van der Waals surface area (Å²) in [5.41, 5.74) is 3.64. The molecule has 0 saturated heterocycles. The predicted octanol–water partition coefficient (Wildman–Crippen LogP) is 3.54. The Hall–Kier alpha value is -1.35. The van der Waals surface area contributed by atoms with E-state index >= 15 is 0 Å². The van der Waals surface area contributed by atoms with Gasteiger partial charge in [0.25, 0.3) is 0 Å². The van der Waals surface area contributed by atoms with E-state index in [9.17, 15) is 0 Å². The maximum Gasteiger partial charge on any atom is 0.116 e. The van der Waals surface area contributed by atoms with Crippen molar-refractivity contribution in [2.75, 3.05) is 0 Å². The van der Waals surface area contributed by atoms with Crippen LogP contribution < -0.4 is 11.3 Å². The van der Waals surface area contributed by atoms with Crippen molar-refractivity contribution in [3.8, 4) is 0 Å². The summed E-state index contributed by atoms with van der Waals surface area (Å²) in [5, 5.41) is 0. The highest BCUT2D eigenvalue weighted by Gasteiger charge is 1.97. The van der Waals surface area contributed by atoms with Gasteiger partial charge in [0.15, 0.2) is 0 Å². The maximum absolute atomic E-state index is 5.48. The summed E-state index contributed by atoms with van der Waals surface area (Å²) in [6.07, 6.45) is 7.23. The van der Waals surface area contributed by atoms with Crippen molar-refractivity contribution < 1.29 is 0 Å². The molecule has 3 nitrogen and oxygen atoms in total. The quantitative estimate of drug-likeness (QED) is 0.249. The van der Waals surface area contributed by atoms with Gasteiger partial charge in [0, 0.05) is 6.42 Å². The number of nitrogens with two attached hydrogens (primary N) is 1. The van der Waals surface area contributed by atoms with Crippen molar-refractivity contribution in [2.45, 2.75) is 45.4 Å². The molecule has 0 aliphatic carbocycles. The first-order valence-corrected chi connectivity index (χ1v) is 6.46. The highest BCUT2D eigenvalue weighted by Crippen LogP contribution is 2.12. The molecule has 0 aliphatic rings. The first-order chi connectivity index (χ1) is 8.36. The second-order valence-corrected chi connectivity index (χ2v) is 4.20. The van der Waals surface area contributed by atoms with E-state index in [1.54, 1.807) is 0 Å². The lowest BCUT2D eigenvalue weighted by atomic mass is 10.1. The number of hydrogen-bond acceptors (Lipinski definition) is 2. The van der Waals surface area contributed by atoms with E-state index in [4.69, 9.17) is 5.84 Å². The number of rotatable bonds is 7. The summed E-state index contributed by atoms with van der Waals surface area (Å²) in [5.74, 6) is 6.35. The summed E-state index contributed by atoms with van der Waals surface area (Å²) in [6.45, 7) is 2.23. The van der Waals surface area contributed by atoms with Crippen molar-refractivity contribution in [3.63, 3.8) is 0 Å². The number of aliphatic imine (C=N–C) groups is 1. The zero-order chi connectivity index (χ0) is 12.3. The van der Waals surface area contributed by atoms with Crippen LogP contribution in [0.25, 0.3) is 0 Å². The fourth-order valence-corrected chi connectivity index (χ4v) is 1.71. The Kier molecular flexibility index (Phi) is 7.07. The molecule has 1 aromatic rings. The highest BCUT2D eigenvalue weighted by atomic mass is 15.2. The normalized spacial score (nSPS) is 11.5. The van der Waals surface area contributed by atoms with Crippen molar-refractivity contribution in [3.05, 3.63) is 30.3 Å². The Labute approximate surface area is 104 Å². The van der Waals surface area contributed by atoms with Gasteiger partial charge in [0.05, 0.1) is 5.69 Å². The van der Waals surface area contributed by atoms with Gasteiger partial charge in [-0.3, -0.25) is 0 Å². The van der Waals surface area contributed by atoms with E-state index in [0.29, 0.717) is 0 Å². The summed E-state index contributed by atoms with van der Waals surface area (Å²) >= 11 is 0. The fourth-order valence-electron chi connectivity index (χ4n) is 1.71. The lowest BCUT2D eigenvalue weighted by Gasteiger charge is -2.05. The van der Waals surface area contributed by atoms with Crippen molar-refractivity contribution in [2.24, 2.45) is 10.8 Å². The molecule has 0 aromatic heterocycles. The zero-order valence-corrected chi connectivity index (χ0v) is 10.7. The molecular weight excluding hydrogens is 210 g/mol. The molecule has 3 heteroatoms. The van der Waals surface area contributed by atoms with Gasteiger partial charge >= 0.3 is 0 Å². The second-order valence-electron chi connectivity index (χ2n) is 4.20. The van der Waals surface area contributed by atoms with Gasteiger partial charge in [-0.25, -0.2) is 10.8 Å². The van der Waals surface area contributed by atoms with Crippen LogP contribution in [0.15, 0.2) is 35.3 Å². The number of hydrazine groups is 1. The molecule has 0 fully saturated rings. The Morgan fingerprint density at radius 1 is 1.12 bits per heavy atom. The minimum Gasteiger partial charge on any atom is -0.312 e. The molecule has 0 amide bonds. The molecule has 1 rings (SSSR count). The Bertz CT molecular complexity index is 319. The molecule has 0 bridgehead atoms. The van der Waals surface area contributed by atoms with E-state index in [0.717, 1.165) is 24.4 Å². The third-order valence-corrected chi connectivity index (χ3v) is 2.70. The summed E-state index contributed by atoms with van der Waals surface area (Å²) in [4.78, 5) is 4.48. The summed E-state index contributed by atoms with van der Waals surface area (Å²) in [6, 6.07) is 9.91. The van der Waals surface area contributed by atoms with Crippen LogP contribution >= 0.6 is 0 Å². The first kappa shape index (κ1) is 13.7. The second kappa shape index (κ2) is 8.76. The number of nitrogens with zero attached hydrogens (tertiary/aromatic N) is 1. The Morgan fingerprint density at radius 2 is 1.82 bits per heavy atom. The maximum atomic E-state index is 5.48. The van der Waals surface area contributed by atoms with Crippen LogP contribution in [0, 0.1) is 0 Å². The van der Waals surface area contributed by atoms with Crippen LogP contribution in [-0.2, 0) is 0 Å². The lowest BCUT2D eigenvalue weighted by Crippen LogP contribution is -2.29. The van der Waals surface area contributed by atoms with Gasteiger partial charge < -0.3 is 5.43 Å². The van der Waals surface area contributed by atoms with Gasteiger partial charge in [0.2, 0.25) is 0 Å². The third kappa shape index (κ3) is 6.07. The van der Waals surface area contributed by atoms with E-state index in [-0.39, 0.29) is 0 Å². The molecular formula is C14H23N3. The number of benzene rings is 1. The number of amidine groups is 1. The number of para-hydroxylation sites is 1. The van der Waals surface area contributed by atoms with E-state index < -0.39 is 0 Å². The van der Waals surface area contributed by atoms with E-state index in [1.165, 1.54) is 25.7 Å². The van der Waals surface area contributed by atoms with Gasteiger partial charge in [-0.1, -0.05) is 50.8 Å². The van der Waals surface area contributed by atoms with Crippen LogP contribution in [0.3, 0.4) is 0 Å². The van der Waals surface area contributed by atoms with Crippen LogP contribution in [0.1, 0.15) is 45.4 Å². The summed E-state index contributed by atoms with van der Waals surface area (Å²) in [7, 11) is 0. The Balaban J connectivity index is 2.35. The minimum atomic E-state index is 0.868. The Morgan fingerprint density at radius 3 is 2.47 bits per heavy atom. The molecule has 0 atom stereocenters. The number of unbranched alkanes of at least 4 members (excludes halogenated alkanes) is 4. The van der Waals surface area contributed by atoms with E-state index in [1.807, 2.05) is 30.3 Å². The largest absolute Gasteiger partial charge is 0.312 e. The first-order valence-electron chi connectivity index (χ1n) is 6.46. The molecule has 0 saturated carbocycles. The van der Waals surface area contributed by atoms with Crippen molar-refractivity contribution in [1.82, 2.24) is 5.43 Å². The average molecular weight is 233 g/mol. The molecule has 94 valence electrons. The fraction of sp³-hybridized carbons (Fsp3) is 0.500. The molecule has 1 aromatic carbocycles. The monoisotopic (exact) mass is 233 g/mol. The SMILES string of the molecule is CCCCCCCC(=Nc1ccccc1)NN. The lowest BCUT2D eigenvalue weighted by molar-refractivity contribution is 0.639. The molecule has 0 aliphatic heterocycles. The van der Waals surface area contributed by atoms with Gasteiger partial charge in [0.1, 0.15) is 5.84 Å². The molecule has 0 heterocycles. The van der Waals surface area contributed by atoms with Crippen LogP contribution in [-0.4, -0.2) is 5.84 Å². The average Bonchev–Trinajstić information content (AvgIpc) is 2.38. The minimum absolute atomic E-state index is 0.868. The van der Waals surface area contributed by atoms with Gasteiger partial charge in [-0.2, -0.15) is 0 Å². The highest BCUT2D eigenvalue weighted by molar-refractivity contribution is 5.84. The van der Waals surface area contributed by atoms with Crippen molar-refractivity contribution >= 4 is 11.5 Å². The number of nitrogens with one attached hydrogen (secondary N) is 1. The standard InChI is InChI=1S/C14H23N3/c1-2-3-4-5-9-12-14(17-15)16-13-10-7-6-8-11-13/h6-8,10-11H,2-5,9,12,15H2,1H3,(H,16,17). The summed E-state index contributed by atoms with van der Waals surface area (Å²) < 4.78 is 0. The molecule has 0 unspecified atom stereocenters. The van der Waals surface area contributed by atoms with Crippen LogP contribution in [0.4, 0.5) is 5.69 Å².